The van der Waals surface area contributed by atoms with Crippen LogP contribution in [0.2, 0.25) is 5.02 Å². The van der Waals surface area contributed by atoms with E-state index in [4.69, 9.17) is 21.6 Å². The van der Waals surface area contributed by atoms with E-state index in [0.29, 0.717) is 28.0 Å². The van der Waals surface area contributed by atoms with Gasteiger partial charge in [-0.3, -0.25) is 19.5 Å². The number of carbonyl (C=O) groups is 2. The first-order chi connectivity index (χ1) is 25.5. The molecule has 5 heterocycles. The number of piperidine rings is 1. The molecule has 1 saturated heterocycles. The number of alkyl halides is 2. The molecule has 3 aromatic heterocycles. The van der Waals surface area contributed by atoms with E-state index in [1.807, 2.05) is 43.2 Å². The molecule has 1 aromatic carbocycles. The van der Waals surface area contributed by atoms with Crippen LogP contribution in [-0.4, -0.2) is 72.9 Å². The van der Waals surface area contributed by atoms with Crippen LogP contribution < -0.4 is 15.5 Å². The van der Waals surface area contributed by atoms with Crippen molar-refractivity contribution in [2.75, 3.05) is 23.3 Å². The second-order valence-electron chi connectivity index (χ2n) is 17.0. The van der Waals surface area contributed by atoms with Gasteiger partial charge in [-0.25, -0.2) is 27.5 Å². The molecule has 5 aliphatic rings. The number of hydrogen-bond acceptors (Lipinski definition) is 7. The third kappa shape index (κ3) is 5.33. The van der Waals surface area contributed by atoms with Gasteiger partial charge in [0, 0.05) is 42.5 Å². The number of halogens is 5. The van der Waals surface area contributed by atoms with Crippen molar-refractivity contribution in [3.8, 4) is 11.3 Å². The number of likely N-dealkylation sites (tertiary alicyclic amines) is 1. The quantitative estimate of drug-likeness (QED) is 0.133. The molecule has 2 amide bonds. The van der Waals surface area contributed by atoms with E-state index in [2.05, 4.69) is 27.4 Å². The number of rotatable bonds is 9. The molecule has 4 fully saturated rings. The van der Waals surface area contributed by atoms with Crippen LogP contribution >= 0.6 is 11.6 Å². The molecule has 15 heteroatoms. The summed E-state index contributed by atoms with van der Waals surface area (Å²) in [5, 5.41) is 4.30. The number of aromatic nitrogens is 4. The first kappa shape index (κ1) is 35.4. The summed E-state index contributed by atoms with van der Waals surface area (Å²) in [6.07, 6.45) is 3.61. The van der Waals surface area contributed by atoms with E-state index < -0.39 is 51.2 Å². The molecule has 3 aliphatic carbocycles. The molecule has 2 unspecified atom stereocenters. The predicted octanol–water partition coefficient (Wildman–Crippen LogP) is 7.77. The van der Waals surface area contributed by atoms with E-state index in [1.54, 1.807) is 18.6 Å². The Morgan fingerprint density at radius 2 is 1.72 bits per heavy atom. The standard InChI is InChI=1S/C39H41ClF4N8O2/c1-18(2)51-17-46-26-11-24(47-33(31(26)51)48-25-10-23(28(40)30(42)29(25)41)34(53)49-39(6-7-39)35(43)44)19-9-27-32(45-14-19)37(3,4)36(54)52(27)22-12-38(5,13-22)50-15-20-8-21(20)16-50/h9-11,14,17-18,20-22,35H,6-8,12-13,15-16H2,1-5H3,(H,47,48)(H,49,53). The summed E-state index contributed by atoms with van der Waals surface area (Å²) >= 11 is 6.07. The molecule has 54 heavy (non-hydrogen) atoms. The van der Waals surface area contributed by atoms with Crippen LogP contribution in [0.4, 0.5) is 34.8 Å². The topological polar surface area (TPSA) is 108 Å². The summed E-state index contributed by atoms with van der Waals surface area (Å²) < 4.78 is 60.0. The maximum atomic E-state index is 15.6. The van der Waals surface area contributed by atoms with Gasteiger partial charge in [-0.1, -0.05) is 11.6 Å². The van der Waals surface area contributed by atoms with Crippen LogP contribution in [0.25, 0.3) is 22.3 Å². The van der Waals surface area contributed by atoms with Gasteiger partial charge in [0.15, 0.2) is 17.5 Å². The number of amides is 2. The SMILES string of the molecule is CC(C)n1cnc2cc(-c3cnc4c(c3)N(C3CC(C)(N5CC6CC6C5)C3)C(=O)C4(C)C)nc(Nc3cc(C(=O)NC4(C(F)F)CC4)c(Cl)c(F)c3F)c21. The first-order valence-electron chi connectivity index (χ1n) is 18.5. The van der Waals surface area contributed by atoms with Crippen LogP contribution in [0, 0.1) is 23.5 Å². The van der Waals surface area contributed by atoms with E-state index in [0.717, 1.165) is 49.5 Å². The normalized spacial score (nSPS) is 26.3. The zero-order chi connectivity index (χ0) is 38.2. The van der Waals surface area contributed by atoms with Crippen molar-refractivity contribution in [2.45, 2.75) is 102 Å². The largest absolute Gasteiger partial charge is 0.341 e. The van der Waals surface area contributed by atoms with Gasteiger partial charge in [0.1, 0.15) is 11.1 Å². The van der Waals surface area contributed by atoms with Gasteiger partial charge in [-0.2, -0.15) is 0 Å². The molecular formula is C39H41ClF4N8O2. The fourth-order valence-electron chi connectivity index (χ4n) is 8.87. The van der Waals surface area contributed by atoms with Gasteiger partial charge in [0.05, 0.1) is 50.6 Å². The molecule has 9 rings (SSSR count). The maximum absolute atomic E-state index is 15.6. The van der Waals surface area contributed by atoms with Crippen LogP contribution in [0.5, 0.6) is 0 Å². The van der Waals surface area contributed by atoms with Crippen molar-refractivity contribution < 1.29 is 27.2 Å². The van der Waals surface area contributed by atoms with Crippen molar-refractivity contribution in [2.24, 2.45) is 11.8 Å². The maximum Gasteiger partial charge on any atom is 0.261 e. The summed E-state index contributed by atoms with van der Waals surface area (Å²) in [6.45, 7) is 12.2. The molecular weight excluding hydrogens is 724 g/mol. The summed E-state index contributed by atoms with van der Waals surface area (Å²) in [6, 6.07) is 4.59. The minimum Gasteiger partial charge on any atom is -0.341 e. The minimum atomic E-state index is -2.83. The number of nitrogens with zero attached hydrogens (tertiary/aromatic N) is 6. The van der Waals surface area contributed by atoms with Gasteiger partial charge >= 0.3 is 0 Å². The Hall–Kier alpha value is -4.30. The van der Waals surface area contributed by atoms with Gasteiger partial charge in [0.2, 0.25) is 5.91 Å². The Balaban J connectivity index is 1.08. The highest BCUT2D eigenvalue weighted by Gasteiger charge is 2.58. The van der Waals surface area contributed by atoms with Gasteiger partial charge in [-0.15, -0.1) is 0 Å². The van der Waals surface area contributed by atoms with Crippen molar-refractivity contribution in [3.63, 3.8) is 0 Å². The Labute approximate surface area is 314 Å². The predicted molar refractivity (Wildman–Crippen MR) is 196 cm³/mol. The fraction of sp³-hybridized carbons (Fsp3) is 0.513. The van der Waals surface area contributed by atoms with Crippen molar-refractivity contribution in [1.82, 2.24) is 29.7 Å². The second-order valence-corrected chi connectivity index (χ2v) is 17.4. The third-order valence-electron chi connectivity index (χ3n) is 12.5. The van der Waals surface area contributed by atoms with Crippen molar-refractivity contribution in [3.05, 3.63) is 58.6 Å². The molecule has 4 aromatic rings. The molecule has 2 atom stereocenters. The minimum absolute atomic E-state index is 0.00106. The van der Waals surface area contributed by atoms with E-state index in [1.165, 1.54) is 6.42 Å². The van der Waals surface area contributed by atoms with Gasteiger partial charge in [0.25, 0.3) is 12.3 Å². The summed E-state index contributed by atoms with van der Waals surface area (Å²) in [5.41, 5.74) is -0.117. The zero-order valence-electron chi connectivity index (χ0n) is 30.6. The summed E-state index contributed by atoms with van der Waals surface area (Å²) in [4.78, 5) is 45.9. The number of hydrogen-bond donors (Lipinski definition) is 2. The summed E-state index contributed by atoms with van der Waals surface area (Å²) in [7, 11) is 0. The number of pyridine rings is 2. The Kier molecular flexibility index (Phi) is 7.77. The fourth-order valence-corrected chi connectivity index (χ4v) is 9.09. The molecule has 3 saturated carbocycles. The number of imidazole rings is 1. The van der Waals surface area contributed by atoms with Gasteiger partial charge < -0.3 is 20.1 Å². The van der Waals surface area contributed by atoms with Crippen LogP contribution in [0.15, 0.2) is 30.7 Å². The number of benzene rings is 1. The number of carbonyl (C=O) groups excluding carboxylic acids is 2. The number of nitrogens with one attached hydrogen (secondary N) is 2. The van der Waals surface area contributed by atoms with Crippen molar-refractivity contribution in [1.29, 1.82) is 0 Å². The lowest BCUT2D eigenvalue weighted by molar-refractivity contribution is -0.123. The van der Waals surface area contributed by atoms with Crippen LogP contribution in [0.3, 0.4) is 0 Å². The molecule has 10 nitrogen and oxygen atoms in total. The number of anilines is 3. The number of fused-ring (bicyclic) bond motifs is 3. The third-order valence-corrected chi connectivity index (χ3v) is 12.9. The monoisotopic (exact) mass is 764 g/mol. The lowest BCUT2D eigenvalue weighted by Gasteiger charge is -2.54. The first-order valence-corrected chi connectivity index (χ1v) is 18.9. The Bertz CT molecular complexity index is 2260. The molecule has 2 aliphatic heterocycles. The second kappa shape index (κ2) is 11.8. The molecule has 0 radical (unpaired) electrons. The van der Waals surface area contributed by atoms with Gasteiger partial charge in [-0.05, 0) is 96.8 Å². The molecule has 0 spiro atoms. The van der Waals surface area contributed by atoms with Crippen LogP contribution in [0.1, 0.15) is 88.8 Å². The average molecular weight is 765 g/mol. The van der Waals surface area contributed by atoms with Crippen molar-refractivity contribution >= 4 is 51.6 Å². The Morgan fingerprint density at radius 3 is 2.37 bits per heavy atom. The van der Waals surface area contributed by atoms with Crippen LogP contribution in [-0.2, 0) is 10.2 Å². The smallest absolute Gasteiger partial charge is 0.261 e. The summed E-state index contributed by atoms with van der Waals surface area (Å²) in [5.74, 6) is -2.20. The lowest BCUT2D eigenvalue weighted by Crippen LogP contribution is -2.63. The molecule has 2 N–H and O–H groups in total. The molecule has 284 valence electrons. The van der Waals surface area contributed by atoms with E-state index in [9.17, 15) is 18.4 Å². The Morgan fingerprint density at radius 1 is 1.02 bits per heavy atom. The zero-order valence-corrected chi connectivity index (χ0v) is 31.4. The molecule has 0 bridgehead atoms. The highest BCUT2D eigenvalue weighted by Crippen LogP contribution is 2.54. The van der Waals surface area contributed by atoms with E-state index in [-0.39, 0.29) is 42.2 Å². The average Bonchev–Trinajstić information content (AvgIpc) is 3.95. The highest BCUT2D eigenvalue weighted by atomic mass is 35.5. The van der Waals surface area contributed by atoms with E-state index >= 15 is 8.78 Å². The highest BCUT2D eigenvalue weighted by molar-refractivity contribution is 6.34. The lowest BCUT2D eigenvalue weighted by atomic mass is 9.71.